The molecule has 0 aliphatic carbocycles. The van der Waals surface area contributed by atoms with E-state index in [4.69, 9.17) is 0 Å². The zero-order chi connectivity index (χ0) is 20.7. The highest BCUT2D eigenvalue weighted by Gasteiger charge is 2.26. The summed E-state index contributed by atoms with van der Waals surface area (Å²) in [5.41, 5.74) is 0.0965. The Labute approximate surface area is 165 Å². The van der Waals surface area contributed by atoms with Gasteiger partial charge in [-0.2, -0.15) is 0 Å². The number of nitrogens with zero attached hydrogens (tertiary/aromatic N) is 3. The lowest BCUT2D eigenvalue weighted by Gasteiger charge is -2.04. The fourth-order valence-electron chi connectivity index (χ4n) is 2.99. The lowest BCUT2D eigenvalue weighted by molar-refractivity contribution is -0.384. The number of para-hydroxylation sites is 1. The van der Waals surface area contributed by atoms with E-state index in [1.165, 1.54) is 24.3 Å². The minimum atomic E-state index is -0.613. The van der Waals surface area contributed by atoms with Gasteiger partial charge < -0.3 is 5.11 Å². The molecule has 144 valence electrons. The number of aromatic hydroxyl groups is 1. The van der Waals surface area contributed by atoms with Crippen molar-refractivity contribution in [3.05, 3.63) is 89.3 Å². The number of non-ortho nitro benzene ring substituents is 1. The molecule has 10 heteroatoms. The Balaban J connectivity index is 1.71. The third-order valence-electron chi connectivity index (χ3n) is 4.41. The molecule has 0 spiro atoms. The number of Topliss-reactive ketones (excluding diaryl/α,β-unsaturated/α-hetero) is 1. The predicted octanol–water partition coefficient (Wildman–Crippen LogP) is 0.765. The molecule has 1 N–H and O–H groups in total. The summed E-state index contributed by atoms with van der Waals surface area (Å²) in [7, 11) is 0. The van der Waals surface area contributed by atoms with Crippen molar-refractivity contribution in [2.24, 2.45) is 4.99 Å². The first kappa shape index (κ1) is 18.4. The molecule has 2 aromatic carbocycles. The van der Waals surface area contributed by atoms with Crippen LogP contribution >= 0.6 is 11.3 Å². The Kier molecular flexibility index (Phi) is 4.40. The molecule has 0 bridgehead atoms. The molecule has 0 fully saturated rings. The van der Waals surface area contributed by atoms with Crippen LogP contribution < -0.4 is 15.4 Å². The predicted molar refractivity (Wildman–Crippen MR) is 102 cm³/mol. The number of benzene rings is 2. The number of nitro benzene ring substituents is 1. The first-order chi connectivity index (χ1) is 13.9. The van der Waals surface area contributed by atoms with E-state index in [1.54, 1.807) is 24.3 Å². The van der Waals surface area contributed by atoms with Crippen LogP contribution in [-0.4, -0.2) is 26.3 Å². The molecular formula is C19H11N3O6S. The zero-order valence-corrected chi connectivity index (χ0v) is 15.4. The van der Waals surface area contributed by atoms with Gasteiger partial charge in [0, 0.05) is 22.9 Å². The molecule has 1 aromatic heterocycles. The van der Waals surface area contributed by atoms with Crippen LogP contribution in [0.5, 0.6) is 5.88 Å². The minimum Gasteiger partial charge on any atom is -0.493 e. The van der Waals surface area contributed by atoms with Crippen LogP contribution in [-0.2, 0) is 11.3 Å². The number of ketones is 1. The van der Waals surface area contributed by atoms with Crippen molar-refractivity contribution in [2.75, 3.05) is 0 Å². The van der Waals surface area contributed by atoms with Gasteiger partial charge in [0.2, 0.25) is 5.88 Å². The van der Waals surface area contributed by atoms with Gasteiger partial charge in [-0.15, -0.1) is 0 Å². The van der Waals surface area contributed by atoms with Crippen molar-refractivity contribution < 1.29 is 19.6 Å². The summed E-state index contributed by atoms with van der Waals surface area (Å²) in [6.45, 7) is -0.473. The molecule has 0 saturated carbocycles. The highest BCUT2D eigenvalue weighted by molar-refractivity contribution is 7.11. The molecule has 4 rings (SSSR count). The SMILES string of the molecule is O=C1N=c2ccccc2=C1c1sc(=O)n(CC(=O)c2ccc([N+](=O)[O-])cc2)c1O. The molecule has 1 amide bonds. The highest BCUT2D eigenvalue weighted by atomic mass is 32.1. The monoisotopic (exact) mass is 409 g/mol. The summed E-state index contributed by atoms with van der Waals surface area (Å²) in [4.78, 5) is 50.6. The van der Waals surface area contributed by atoms with Gasteiger partial charge in [0.05, 0.1) is 22.4 Å². The molecule has 1 aliphatic heterocycles. The van der Waals surface area contributed by atoms with E-state index in [-0.39, 0.29) is 21.7 Å². The van der Waals surface area contributed by atoms with E-state index in [1.807, 2.05) is 0 Å². The van der Waals surface area contributed by atoms with Crippen molar-refractivity contribution in [1.29, 1.82) is 0 Å². The average Bonchev–Trinajstić information content (AvgIpc) is 3.17. The molecule has 2 heterocycles. The van der Waals surface area contributed by atoms with Gasteiger partial charge in [-0.25, -0.2) is 4.99 Å². The van der Waals surface area contributed by atoms with Crippen molar-refractivity contribution >= 4 is 34.3 Å². The van der Waals surface area contributed by atoms with Gasteiger partial charge in [0.25, 0.3) is 11.6 Å². The second-order valence-corrected chi connectivity index (χ2v) is 7.10. The van der Waals surface area contributed by atoms with Crippen LogP contribution in [0.15, 0.2) is 58.3 Å². The third-order valence-corrected chi connectivity index (χ3v) is 5.39. The van der Waals surface area contributed by atoms with E-state index in [0.717, 1.165) is 4.57 Å². The molecule has 9 nitrogen and oxygen atoms in total. The number of nitro groups is 1. The molecule has 0 unspecified atom stereocenters. The third kappa shape index (κ3) is 3.15. The minimum absolute atomic E-state index is 0.0465. The van der Waals surface area contributed by atoms with Crippen molar-refractivity contribution in [3.63, 3.8) is 0 Å². The van der Waals surface area contributed by atoms with Crippen molar-refractivity contribution in [2.45, 2.75) is 6.54 Å². The van der Waals surface area contributed by atoms with E-state index < -0.39 is 33.9 Å². The van der Waals surface area contributed by atoms with Gasteiger partial charge in [-0.05, 0) is 18.2 Å². The van der Waals surface area contributed by atoms with Gasteiger partial charge >= 0.3 is 4.87 Å². The first-order valence-electron chi connectivity index (χ1n) is 8.30. The number of aromatic nitrogens is 1. The second kappa shape index (κ2) is 6.91. The summed E-state index contributed by atoms with van der Waals surface area (Å²) in [5, 5.41) is 22.2. The number of hydrogen-bond donors (Lipinski definition) is 1. The lowest BCUT2D eigenvalue weighted by Crippen LogP contribution is -2.22. The second-order valence-electron chi connectivity index (χ2n) is 6.14. The molecule has 0 atom stereocenters. The summed E-state index contributed by atoms with van der Waals surface area (Å²) in [6, 6.07) is 11.7. The zero-order valence-electron chi connectivity index (χ0n) is 14.6. The van der Waals surface area contributed by atoms with Gasteiger partial charge in [-0.1, -0.05) is 29.5 Å². The van der Waals surface area contributed by atoms with Crippen LogP contribution in [0.2, 0.25) is 0 Å². The Bertz CT molecular complexity index is 1370. The summed E-state index contributed by atoms with van der Waals surface area (Å²) in [5.74, 6) is -1.59. The Morgan fingerprint density at radius 2 is 1.83 bits per heavy atom. The topological polar surface area (TPSA) is 132 Å². The summed E-state index contributed by atoms with van der Waals surface area (Å²) in [6.07, 6.45) is 0. The normalized spacial score (nSPS) is 12.6. The lowest BCUT2D eigenvalue weighted by atomic mass is 10.1. The van der Waals surface area contributed by atoms with E-state index in [9.17, 15) is 29.6 Å². The Morgan fingerprint density at radius 3 is 2.52 bits per heavy atom. The quantitative estimate of drug-likeness (QED) is 0.376. The number of thiazole rings is 1. The molecule has 3 aromatic rings. The average molecular weight is 409 g/mol. The Morgan fingerprint density at radius 1 is 1.14 bits per heavy atom. The number of fused-ring (bicyclic) bond motifs is 1. The molecule has 0 saturated heterocycles. The van der Waals surface area contributed by atoms with E-state index in [0.29, 0.717) is 21.9 Å². The highest BCUT2D eigenvalue weighted by Crippen LogP contribution is 2.28. The number of amides is 1. The largest absolute Gasteiger partial charge is 0.493 e. The van der Waals surface area contributed by atoms with Crippen LogP contribution in [0, 0.1) is 10.1 Å². The molecule has 29 heavy (non-hydrogen) atoms. The Hall–Kier alpha value is -3.92. The van der Waals surface area contributed by atoms with E-state index >= 15 is 0 Å². The maximum atomic E-state index is 12.5. The van der Waals surface area contributed by atoms with Crippen LogP contribution in [0.25, 0.3) is 5.57 Å². The van der Waals surface area contributed by atoms with Gasteiger partial charge in [0.15, 0.2) is 5.78 Å². The van der Waals surface area contributed by atoms with Crippen molar-refractivity contribution in [3.8, 4) is 5.88 Å². The summed E-state index contributed by atoms with van der Waals surface area (Å²) < 4.78 is 0.866. The molecule has 0 radical (unpaired) electrons. The number of carbonyl (C=O) groups excluding carboxylic acids is 2. The standard InChI is InChI=1S/C19H11N3O6S/c23-14(10-5-7-11(8-6-10)22(27)28)9-21-18(25)16(29-19(21)26)15-12-3-1-2-4-13(12)20-17(15)24/h1-8,25H,9H2. The first-order valence-corrected chi connectivity index (χ1v) is 9.11. The fraction of sp³-hybridized carbons (Fsp3) is 0.0526. The number of carbonyl (C=O) groups is 2. The van der Waals surface area contributed by atoms with E-state index in [2.05, 4.69) is 4.99 Å². The molecule has 1 aliphatic rings. The maximum Gasteiger partial charge on any atom is 0.311 e. The molecular weight excluding hydrogens is 398 g/mol. The number of rotatable bonds is 5. The fourth-order valence-corrected chi connectivity index (χ4v) is 3.92. The van der Waals surface area contributed by atoms with Crippen LogP contribution in [0.4, 0.5) is 5.69 Å². The summed E-state index contributed by atoms with van der Waals surface area (Å²) >= 11 is 0.647. The van der Waals surface area contributed by atoms with Crippen LogP contribution in [0.3, 0.4) is 0 Å². The van der Waals surface area contributed by atoms with Crippen LogP contribution in [0.1, 0.15) is 15.2 Å². The maximum absolute atomic E-state index is 12.5. The van der Waals surface area contributed by atoms with Crippen molar-refractivity contribution in [1.82, 2.24) is 4.57 Å². The van der Waals surface area contributed by atoms with Gasteiger partial charge in [-0.3, -0.25) is 29.1 Å². The van der Waals surface area contributed by atoms with Gasteiger partial charge in [0.1, 0.15) is 4.88 Å². The number of hydrogen-bond acceptors (Lipinski definition) is 7. The smallest absolute Gasteiger partial charge is 0.311 e.